The van der Waals surface area contributed by atoms with Gasteiger partial charge < -0.3 is 5.32 Å². The maximum Gasteiger partial charge on any atom is 0.119 e. The Labute approximate surface area is 123 Å². The monoisotopic (exact) mass is 282 g/mol. The molecule has 0 amide bonds. The van der Waals surface area contributed by atoms with Crippen LogP contribution in [0, 0.1) is 0 Å². The molecule has 20 heavy (non-hydrogen) atoms. The zero-order valence-corrected chi connectivity index (χ0v) is 12.2. The molecule has 1 aromatic heterocycles. The third-order valence-electron chi connectivity index (χ3n) is 4.31. The highest BCUT2D eigenvalue weighted by Gasteiger charge is 2.21. The van der Waals surface area contributed by atoms with Crippen LogP contribution in [0.3, 0.4) is 0 Å². The topological polar surface area (TPSA) is 24.9 Å². The minimum Gasteiger partial charge on any atom is -0.306 e. The summed E-state index contributed by atoms with van der Waals surface area (Å²) in [6, 6.07) is 10.9. The second-order valence-electron chi connectivity index (χ2n) is 5.60. The van der Waals surface area contributed by atoms with E-state index in [4.69, 9.17) is 4.98 Å². The fourth-order valence-corrected chi connectivity index (χ4v) is 4.26. The van der Waals surface area contributed by atoms with Crippen molar-refractivity contribution in [1.29, 1.82) is 0 Å². The van der Waals surface area contributed by atoms with Gasteiger partial charge in [-0.2, -0.15) is 0 Å². The molecule has 1 unspecified atom stereocenters. The first-order valence-electron chi connectivity index (χ1n) is 7.34. The van der Waals surface area contributed by atoms with Crippen LogP contribution < -0.4 is 5.32 Å². The summed E-state index contributed by atoms with van der Waals surface area (Å²) >= 11 is 1.88. The Bertz CT molecular complexity index is 621. The molecule has 1 aliphatic carbocycles. The molecule has 2 aromatic rings. The molecule has 2 aliphatic rings. The van der Waals surface area contributed by atoms with E-state index in [-0.39, 0.29) is 0 Å². The van der Waals surface area contributed by atoms with E-state index < -0.39 is 0 Å². The van der Waals surface area contributed by atoms with Crippen molar-refractivity contribution in [2.75, 3.05) is 0 Å². The van der Waals surface area contributed by atoms with Gasteiger partial charge in [0.2, 0.25) is 0 Å². The van der Waals surface area contributed by atoms with Crippen LogP contribution in [-0.2, 0) is 13.1 Å². The third kappa shape index (κ3) is 2.21. The average Bonchev–Trinajstić information content (AvgIpc) is 3.10. The number of nitrogens with zero attached hydrogens (tertiary/aromatic N) is 1. The molecule has 0 bridgehead atoms. The van der Waals surface area contributed by atoms with Crippen molar-refractivity contribution in [1.82, 2.24) is 10.3 Å². The van der Waals surface area contributed by atoms with Gasteiger partial charge in [0, 0.05) is 18.0 Å². The molecule has 1 aliphatic heterocycles. The van der Waals surface area contributed by atoms with Crippen molar-refractivity contribution in [3.63, 3.8) is 0 Å². The van der Waals surface area contributed by atoms with Crippen molar-refractivity contribution >= 4 is 16.9 Å². The number of hydrogen-bond acceptors (Lipinski definition) is 3. The summed E-state index contributed by atoms with van der Waals surface area (Å²) in [6.07, 6.45) is 5.99. The van der Waals surface area contributed by atoms with E-state index in [9.17, 15) is 0 Å². The molecule has 0 fully saturated rings. The number of thiazole rings is 1. The first-order valence-corrected chi connectivity index (χ1v) is 8.15. The van der Waals surface area contributed by atoms with Crippen molar-refractivity contribution in [3.05, 3.63) is 57.6 Å². The van der Waals surface area contributed by atoms with E-state index >= 15 is 0 Å². The molecule has 1 aromatic carbocycles. The molecule has 102 valence electrons. The second kappa shape index (κ2) is 5.15. The van der Waals surface area contributed by atoms with Crippen molar-refractivity contribution < 1.29 is 0 Å². The van der Waals surface area contributed by atoms with Crippen LogP contribution in [-0.4, -0.2) is 4.98 Å². The van der Waals surface area contributed by atoms with Gasteiger partial charge in [0.1, 0.15) is 5.01 Å². The highest BCUT2D eigenvalue weighted by atomic mass is 32.1. The third-order valence-corrected chi connectivity index (χ3v) is 5.49. The molecule has 3 heteroatoms. The standard InChI is InChI=1S/C17H18N2S/c1-2-4-12(5-3-1)13-6-8-14(9-7-13)17-19-15-10-18-11-16(15)20-17/h1-5,8,13,18H,6-7,9-11H2. The quantitative estimate of drug-likeness (QED) is 0.897. The van der Waals surface area contributed by atoms with Crippen LogP contribution in [0.5, 0.6) is 0 Å². The lowest BCUT2D eigenvalue weighted by molar-refractivity contribution is 0.625. The maximum atomic E-state index is 4.80. The summed E-state index contributed by atoms with van der Waals surface area (Å²) in [5, 5.41) is 4.62. The van der Waals surface area contributed by atoms with Crippen LogP contribution in [0.2, 0.25) is 0 Å². The normalized spacial score (nSPS) is 21.6. The summed E-state index contributed by atoms with van der Waals surface area (Å²) in [5.74, 6) is 0.688. The van der Waals surface area contributed by atoms with E-state index in [0.29, 0.717) is 5.92 Å². The second-order valence-corrected chi connectivity index (χ2v) is 6.69. The lowest BCUT2D eigenvalue weighted by Gasteiger charge is -2.21. The number of allylic oxidation sites excluding steroid dienone is 2. The fourth-order valence-electron chi connectivity index (χ4n) is 3.15. The minimum absolute atomic E-state index is 0.688. The lowest BCUT2D eigenvalue weighted by atomic mass is 9.85. The molecular formula is C17H18N2S. The highest BCUT2D eigenvalue weighted by Crippen LogP contribution is 2.38. The van der Waals surface area contributed by atoms with Crippen LogP contribution in [0.15, 0.2) is 36.4 Å². The molecule has 0 saturated carbocycles. The number of benzene rings is 1. The molecule has 0 spiro atoms. The van der Waals surface area contributed by atoms with E-state index in [1.807, 2.05) is 11.3 Å². The van der Waals surface area contributed by atoms with Crippen molar-refractivity contribution in [2.24, 2.45) is 0 Å². The molecule has 1 atom stereocenters. The molecular weight excluding hydrogens is 264 g/mol. The van der Waals surface area contributed by atoms with Crippen LogP contribution in [0.4, 0.5) is 0 Å². The maximum absolute atomic E-state index is 4.80. The summed E-state index contributed by atoms with van der Waals surface area (Å²) in [6.45, 7) is 1.96. The lowest BCUT2D eigenvalue weighted by Crippen LogP contribution is -2.05. The van der Waals surface area contributed by atoms with Crippen LogP contribution in [0.25, 0.3) is 5.57 Å². The Morgan fingerprint density at radius 3 is 2.80 bits per heavy atom. The van der Waals surface area contributed by atoms with Gasteiger partial charge in [0.05, 0.1) is 5.69 Å². The minimum atomic E-state index is 0.688. The Morgan fingerprint density at radius 2 is 2.05 bits per heavy atom. The molecule has 2 nitrogen and oxygen atoms in total. The Hall–Kier alpha value is -1.45. The zero-order valence-electron chi connectivity index (χ0n) is 11.4. The first-order chi connectivity index (χ1) is 9.90. The number of aromatic nitrogens is 1. The van der Waals surface area contributed by atoms with Gasteiger partial charge in [0.25, 0.3) is 0 Å². The molecule has 1 N–H and O–H groups in total. The summed E-state index contributed by atoms with van der Waals surface area (Å²) in [7, 11) is 0. The van der Waals surface area contributed by atoms with Gasteiger partial charge in [-0.15, -0.1) is 11.3 Å². The van der Waals surface area contributed by atoms with Crippen molar-refractivity contribution in [2.45, 2.75) is 38.3 Å². The van der Waals surface area contributed by atoms with E-state index in [2.05, 4.69) is 41.7 Å². The average molecular weight is 282 g/mol. The van der Waals surface area contributed by atoms with Crippen molar-refractivity contribution in [3.8, 4) is 0 Å². The SMILES string of the molecule is C1=C(c2nc3c(s2)CNC3)CCC(c2ccccc2)C1. The highest BCUT2D eigenvalue weighted by molar-refractivity contribution is 7.12. The van der Waals surface area contributed by atoms with E-state index in [0.717, 1.165) is 19.5 Å². The summed E-state index contributed by atoms with van der Waals surface area (Å²) in [4.78, 5) is 6.24. The smallest absolute Gasteiger partial charge is 0.119 e. The molecule has 0 saturated heterocycles. The number of fused-ring (bicyclic) bond motifs is 1. The number of nitrogens with one attached hydrogen (secondary N) is 1. The Kier molecular flexibility index (Phi) is 3.17. The van der Waals surface area contributed by atoms with Crippen LogP contribution in [0.1, 0.15) is 46.3 Å². The summed E-state index contributed by atoms with van der Waals surface area (Å²) in [5.41, 5.74) is 4.22. The Morgan fingerprint density at radius 1 is 1.15 bits per heavy atom. The zero-order chi connectivity index (χ0) is 13.4. The van der Waals surface area contributed by atoms with Gasteiger partial charge >= 0.3 is 0 Å². The van der Waals surface area contributed by atoms with Crippen LogP contribution >= 0.6 is 11.3 Å². The van der Waals surface area contributed by atoms with Gasteiger partial charge in [-0.05, 0) is 36.3 Å². The van der Waals surface area contributed by atoms with Gasteiger partial charge in [-0.1, -0.05) is 36.4 Å². The Balaban J connectivity index is 1.53. The van der Waals surface area contributed by atoms with Gasteiger partial charge in [-0.3, -0.25) is 0 Å². The fraction of sp³-hybridized carbons (Fsp3) is 0.353. The number of hydrogen-bond donors (Lipinski definition) is 1. The largest absolute Gasteiger partial charge is 0.306 e. The number of rotatable bonds is 2. The molecule has 2 heterocycles. The van der Waals surface area contributed by atoms with Gasteiger partial charge in [-0.25, -0.2) is 4.98 Å². The predicted molar refractivity (Wildman–Crippen MR) is 83.7 cm³/mol. The molecule has 0 radical (unpaired) electrons. The van der Waals surface area contributed by atoms with E-state index in [1.165, 1.54) is 39.6 Å². The van der Waals surface area contributed by atoms with E-state index in [1.54, 1.807) is 0 Å². The predicted octanol–water partition coefficient (Wildman–Crippen LogP) is 4.10. The first kappa shape index (κ1) is 12.3. The molecule has 4 rings (SSSR count). The summed E-state index contributed by atoms with van der Waals surface area (Å²) < 4.78 is 0. The van der Waals surface area contributed by atoms with Gasteiger partial charge in [0.15, 0.2) is 0 Å².